The molecule has 2 aromatic rings. The van der Waals surface area contributed by atoms with Gasteiger partial charge in [-0.05, 0) is 25.5 Å². The summed E-state index contributed by atoms with van der Waals surface area (Å²) >= 11 is 7.39. The first-order valence-corrected chi connectivity index (χ1v) is 7.31. The number of ether oxygens (including phenoxy) is 1. The molecule has 0 atom stereocenters. The van der Waals surface area contributed by atoms with E-state index < -0.39 is 0 Å². The Morgan fingerprint density at radius 2 is 2.22 bits per heavy atom. The van der Waals surface area contributed by atoms with Gasteiger partial charge in [-0.3, -0.25) is 0 Å². The van der Waals surface area contributed by atoms with Gasteiger partial charge in [0.15, 0.2) is 0 Å². The Morgan fingerprint density at radius 1 is 1.39 bits per heavy atom. The number of alkyl halides is 1. The van der Waals surface area contributed by atoms with E-state index in [0.717, 1.165) is 16.3 Å². The molecule has 18 heavy (non-hydrogen) atoms. The van der Waals surface area contributed by atoms with Gasteiger partial charge in [-0.25, -0.2) is 4.98 Å². The number of thiazole rings is 1. The number of aromatic nitrogens is 1. The molecule has 1 aromatic heterocycles. The van der Waals surface area contributed by atoms with Crippen molar-refractivity contribution < 1.29 is 4.74 Å². The highest BCUT2D eigenvalue weighted by Crippen LogP contribution is 2.25. The number of nitrogens with zero attached hydrogens (tertiary/aromatic N) is 1. The van der Waals surface area contributed by atoms with Gasteiger partial charge in [-0.1, -0.05) is 18.2 Å². The van der Waals surface area contributed by atoms with Crippen molar-refractivity contribution in [2.24, 2.45) is 0 Å². The zero-order chi connectivity index (χ0) is 13.0. The van der Waals surface area contributed by atoms with Crippen molar-refractivity contribution in [3.8, 4) is 10.6 Å². The Bertz CT molecular complexity index is 510. The molecule has 0 aliphatic heterocycles. The van der Waals surface area contributed by atoms with Gasteiger partial charge < -0.3 is 4.74 Å². The highest BCUT2D eigenvalue weighted by Gasteiger charge is 2.05. The maximum Gasteiger partial charge on any atom is 0.123 e. The van der Waals surface area contributed by atoms with Gasteiger partial charge >= 0.3 is 0 Å². The van der Waals surface area contributed by atoms with Crippen molar-refractivity contribution in [3.63, 3.8) is 0 Å². The summed E-state index contributed by atoms with van der Waals surface area (Å²) < 4.78 is 5.61. The molecule has 0 spiro atoms. The van der Waals surface area contributed by atoms with E-state index in [-0.39, 0.29) is 6.10 Å². The monoisotopic (exact) mass is 281 g/mol. The number of benzene rings is 1. The van der Waals surface area contributed by atoms with Crippen LogP contribution < -0.4 is 0 Å². The smallest absolute Gasteiger partial charge is 0.123 e. The van der Waals surface area contributed by atoms with Crippen molar-refractivity contribution >= 4 is 22.9 Å². The summed E-state index contributed by atoms with van der Waals surface area (Å²) in [6.45, 7) is 4.72. The van der Waals surface area contributed by atoms with Crippen LogP contribution in [0.4, 0.5) is 0 Å². The van der Waals surface area contributed by atoms with Crippen LogP contribution in [0.15, 0.2) is 29.6 Å². The SMILES string of the molecule is CC(C)OCc1cccc(-c2nc(CCl)cs2)c1. The molecule has 2 rings (SSSR count). The topological polar surface area (TPSA) is 22.1 Å². The Kier molecular flexibility index (Phi) is 4.75. The minimum absolute atomic E-state index is 0.247. The van der Waals surface area contributed by atoms with Crippen LogP contribution in [0.1, 0.15) is 25.1 Å². The van der Waals surface area contributed by atoms with Gasteiger partial charge in [0.2, 0.25) is 0 Å². The zero-order valence-corrected chi connectivity index (χ0v) is 12.1. The Hall–Kier alpha value is -0.900. The molecule has 0 radical (unpaired) electrons. The number of hydrogen-bond acceptors (Lipinski definition) is 3. The fraction of sp³-hybridized carbons (Fsp3) is 0.357. The average Bonchev–Trinajstić information content (AvgIpc) is 2.85. The minimum Gasteiger partial charge on any atom is -0.374 e. The fourth-order valence-corrected chi connectivity index (χ4v) is 2.60. The third kappa shape index (κ3) is 3.55. The van der Waals surface area contributed by atoms with Crippen molar-refractivity contribution in [2.75, 3.05) is 0 Å². The van der Waals surface area contributed by atoms with E-state index in [1.54, 1.807) is 11.3 Å². The van der Waals surface area contributed by atoms with Crippen LogP contribution in [0.25, 0.3) is 10.6 Å². The average molecular weight is 282 g/mol. The maximum atomic E-state index is 5.77. The molecule has 0 saturated heterocycles. The fourth-order valence-electron chi connectivity index (χ4n) is 1.56. The van der Waals surface area contributed by atoms with Gasteiger partial charge in [0.25, 0.3) is 0 Å². The number of hydrogen-bond donors (Lipinski definition) is 0. The van der Waals surface area contributed by atoms with Gasteiger partial charge in [-0.2, -0.15) is 0 Å². The molecule has 0 N–H and O–H groups in total. The van der Waals surface area contributed by atoms with E-state index in [4.69, 9.17) is 16.3 Å². The summed E-state index contributed by atoms with van der Waals surface area (Å²) in [4.78, 5) is 4.48. The predicted molar refractivity (Wildman–Crippen MR) is 77.0 cm³/mol. The molecule has 4 heteroatoms. The summed E-state index contributed by atoms with van der Waals surface area (Å²) in [7, 11) is 0. The third-order valence-electron chi connectivity index (χ3n) is 2.45. The van der Waals surface area contributed by atoms with E-state index >= 15 is 0 Å². The van der Waals surface area contributed by atoms with Crippen LogP contribution in [-0.4, -0.2) is 11.1 Å². The summed E-state index contributed by atoms with van der Waals surface area (Å²) in [5, 5.41) is 3.01. The molecule has 0 aliphatic carbocycles. The molecule has 2 nitrogen and oxygen atoms in total. The largest absolute Gasteiger partial charge is 0.374 e. The lowest BCUT2D eigenvalue weighted by Crippen LogP contribution is -2.02. The Labute approximate surface area is 117 Å². The van der Waals surface area contributed by atoms with E-state index in [1.165, 1.54) is 5.56 Å². The Balaban J connectivity index is 2.16. The van der Waals surface area contributed by atoms with Crippen LogP contribution in [0.2, 0.25) is 0 Å². The van der Waals surface area contributed by atoms with Crippen molar-refractivity contribution in [3.05, 3.63) is 40.9 Å². The van der Waals surface area contributed by atoms with Crippen LogP contribution in [0.3, 0.4) is 0 Å². The lowest BCUT2D eigenvalue weighted by molar-refractivity contribution is 0.0657. The second-order valence-corrected chi connectivity index (χ2v) is 5.46. The van der Waals surface area contributed by atoms with E-state index in [9.17, 15) is 0 Å². The third-order valence-corrected chi connectivity index (χ3v) is 3.66. The van der Waals surface area contributed by atoms with Crippen LogP contribution >= 0.6 is 22.9 Å². The second kappa shape index (κ2) is 6.32. The molecule has 0 unspecified atom stereocenters. The number of halogens is 1. The van der Waals surface area contributed by atoms with Crippen molar-refractivity contribution in [2.45, 2.75) is 32.4 Å². The normalized spacial score (nSPS) is 11.1. The number of rotatable bonds is 5. The van der Waals surface area contributed by atoms with E-state index in [0.29, 0.717) is 12.5 Å². The lowest BCUT2D eigenvalue weighted by Gasteiger charge is -2.08. The standard InChI is InChI=1S/C14H16ClNOS/c1-10(2)17-8-11-4-3-5-12(6-11)14-16-13(7-15)9-18-14/h3-6,9-10H,7-8H2,1-2H3. The molecular weight excluding hydrogens is 266 g/mol. The molecule has 1 aromatic carbocycles. The highest BCUT2D eigenvalue weighted by atomic mass is 35.5. The lowest BCUT2D eigenvalue weighted by atomic mass is 10.1. The first-order valence-electron chi connectivity index (χ1n) is 5.90. The van der Waals surface area contributed by atoms with Crippen molar-refractivity contribution in [1.29, 1.82) is 0 Å². The maximum absolute atomic E-state index is 5.77. The predicted octanol–water partition coefficient (Wildman–Crippen LogP) is 4.47. The van der Waals surface area contributed by atoms with E-state index in [2.05, 4.69) is 23.2 Å². The summed E-state index contributed by atoms with van der Waals surface area (Å²) in [5.74, 6) is 0.465. The van der Waals surface area contributed by atoms with Crippen LogP contribution in [0.5, 0.6) is 0 Å². The van der Waals surface area contributed by atoms with E-state index in [1.807, 2.05) is 25.3 Å². The molecule has 1 heterocycles. The molecule has 0 saturated carbocycles. The molecule has 0 amide bonds. The van der Waals surface area contributed by atoms with Crippen LogP contribution in [0, 0.1) is 0 Å². The van der Waals surface area contributed by atoms with Gasteiger partial charge in [0, 0.05) is 10.9 Å². The highest BCUT2D eigenvalue weighted by molar-refractivity contribution is 7.13. The summed E-state index contributed by atoms with van der Waals surface area (Å²) in [6.07, 6.45) is 0.247. The first-order chi connectivity index (χ1) is 8.69. The molecule has 0 fully saturated rings. The summed E-state index contributed by atoms with van der Waals surface area (Å²) in [5.41, 5.74) is 3.23. The first kappa shape index (κ1) is 13.5. The van der Waals surface area contributed by atoms with Crippen molar-refractivity contribution in [1.82, 2.24) is 4.98 Å². The minimum atomic E-state index is 0.247. The molecule has 0 aliphatic rings. The Morgan fingerprint density at radius 3 is 2.89 bits per heavy atom. The van der Waals surface area contributed by atoms with Gasteiger partial charge in [0.05, 0.1) is 24.3 Å². The second-order valence-electron chi connectivity index (χ2n) is 4.34. The quantitative estimate of drug-likeness (QED) is 0.754. The zero-order valence-electron chi connectivity index (χ0n) is 10.5. The van der Waals surface area contributed by atoms with Gasteiger partial charge in [-0.15, -0.1) is 22.9 Å². The van der Waals surface area contributed by atoms with Crippen LogP contribution in [-0.2, 0) is 17.2 Å². The molecular formula is C14H16ClNOS. The van der Waals surface area contributed by atoms with Gasteiger partial charge in [0.1, 0.15) is 5.01 Å². The molecule has 96 valence electrons. The molecule has 0 bridgehead atoms. The summed E-state index contributed by atoms with van der Waals surface area (Å²) in [6, 6.07) is 8.30.